The lowest BCUT2D eigenvalue weighted by Crippen LogP contribution is -2.17. The van der Waals surface area contributed by atoms with Crippen LogP contribution in [0.1, 0.15) is 44.9 Å². The molecule has 33 heavy (non-hydrogen) atoms. The van der Waals surface area contributed by atoms with E-state index in [1.54, 1.807) is 25.1 Å². The highest BCUT2D eigenvalue weighted by molar-refractivity contribution is 7.92. The average molecular weight is 488 g/mol. The molecule has 0 aliphatic heterocycles. The minimum Gasteiger partial charge on any atom is -0.495 e. The predicted molar refractivity (Wildman–Crippen MR) is 126 cm³/mol. The number of aromatic amines is 1. The number of fused-ring (bicyclic) bond motifs is 1. The number of amides is 1. The number of carbonyl (C=O) groups is 2. The highest BCUT2D eigenvalue weighted by Crippen LogP contribution is 2.31. The number of hydrogen-bond donors (Lipinski definition) is 3. The second kappa shape index (κ2) is 8.92. The van der Waals surface area contributed by atoms with Crippen LogP contribution in [0.3, 0.4) is 0 Å². The number of ether oxygens (including phenoxy) is 1. The summed E-state index contributed by atoms with van der Waals surface area (Å²) in [4.78, 5) is 28.1. The number of Topliss-reactive ketones (excluding diaryl/α,β-unsaturated/α-hetero) is 1. The lowest BCUT2D eigenvalue weighted by atomic mass is 9.94. The molecule has 4 rings (SSSR count). The maximum absolute atomic E-state index is 13.0. The van der Waals surface area contributed by atoms with E-state index in [1.165, 1.54) is 31.4 Å². The number of sulfonamides is 1. The van der Waals surface area contributed by atoms with Crippen molar-refractivity contribution < 1.29 is 22.7 Å². The molecule has 0 fully saturated rings. The van der Waals surface area contributed by atoms with E-state index in [4.69, 9.17) is 16.3 Å². The Labute approximate surface area is 196 Å². The van der Waals surface area contributed by atoms with E-state index < -0.39 is 15.9 Å². The van der Waals surface area contributed by atoms with Gasteiger partial charge in [-0.25, -0.2) is 8.42 Å². The number of aryl methyl sites for hydroxylation is 1. The number of nitrogens with one attached hydrogen (secondary N) is 3. The zero-order valence-electron chi connectivity index (χ0n) is 18.0. The average Bonchev–Trinajstić information content (AvgIpc) is 3.13. The van der Waals surface area contributed by atoms with Crippen LogP contribution in [0, 0.1) is 6.92 Å². The topological polar surface area (TPSA) is 117 Å². The number of benzene rings is 2. The van der Waals surface area contributed by atoms with Crippen LogP contribution in [0.15, 0.2) is 47.4 Å². The van der Waals surface area contributed by atoms with E-state index in [1.807, 2.05) is 0 Å². The SMILES string of the molecule is COc1ccc(NC(=O)c2[nH]c3c(c2C)C(=O)CCC3)cc1S(=O)(=O)Nc1ccc(Cl)cc1. The number of methoxy groups -OCH3 is 1. The van der Waals surface area contributed by atoms with Gasteiger partial charge in [0, 0.05) is 34.1 Å². The molecule has 0 unspecified atom stereocenters. The van der Waals surface area contributed by atoms with Crippen LogP contribution >= 0.6 is 11.6 Å². The number of rotatable bonds is 6. The van der Waals surface area contributed by atoms with Crippen LogP contribution in [0.25, 0.3) is 0 Å². The zero-order valence-corrected chi connectivity index (χ0v) is 19.6. The van der Waals surface area contributed by atoms with Gasteiger partial charge in [-0.3, -0.25) is 14.3 Å². The molecule has 0 atom stereocenters. The van der Waals surface area contributed by atoms with Crippen molar-refractivity contribution in [2.45, 2.75) is 31.1 Å². The Bertz CT molecular complexity index is 1350. The first kappa shape index (κ1) is 22.9. The molecule has 172 valence electrons. The quantitative estimate of drug-likeness (QED) is 0.471. The van der Waals surface area contributed by atoms with Gasteiger partial charge in [0.25, 0.3) is 15.9 Å². The number of H-pyrrole nitrogens is 1. The molecular formula is C23H22ClN3O5S. The van der Waals surface area contributed by atoms with Gasteiger partial charge in [0.2, 0.25) is 0 Å². The fourth-order valence-electron chi connectivity index (χ4n) is 3.89. The van der Waals surface area contributed by atoms with Crippen LogP contribution in [0.5, 0.6) is 5.75 Å². The molecule has 8 nitrogen and oxygen atoms in total. The molecule has 1 amide bonds. The molecule has 0 saturated carbocycles. The third-order valence-electron chi connectivity index (χ3n) is 5.47. The molecule has 0 radical (unpaired) electrons. The summed E-state index contributed by atoms with van der Waals surface area (Å²) in [6.45, 7) is 1.73. The number of hydrogen-bond acceptors (Lipinski definition) is 5. The zero-order chi connectivity index (χ0) is 23.8. The smallest absolute Gasteiger partial charge is 0.272 e. The predicted octanol–water partition coefficient (Wildman–Crippen LogP) is 4.56. The minimum atomic E-state index is -4.03. The van der Waals surface area contributed by atoms with Crippen molar-refractivity contribution in [1.82, 2.24) is 4.98 Å². The molecule has 3 aromatic rings. The highest BCUT2D eigenvalue weighted by Gasteiger charge is 2.27. The molecule has 1 aromatic heterocycles. The fraction of sp³-hybridized carbons (Fsp3) is 0.217. The molecule has 0 saturated heterocycles. The second-order valence-electron chi connectivity index (χ2n) is 7.69. The third-order valence-corrected chi connectivity index (χ3v) is 7.13. The Morgan fingerprint density at radius 1 is 1.09 bits per heavy atom. The van der Waals surface area contributed by atoms with Gasteiger partial charge in [-0.05, 0) is 67.8 Å². The Hall–Kier alpha value is -3.30. The van der Waals surface area contributed by atoms with Crippen molar-refractivity contribution in [1.29, 1.82) is 0 Å². The molecule has 2 aromatic carbocycles. The third kappa shape index (κ3) is 4.60. The second-order valence-corrected chi connectivity index (χ2v) is 9.77. The molecule has 3 N–H and O–H groups in total. The van der Waals surface area contributed by atoms with Crippen LogP contribution < -0.4 is 14.8 Å². The van der Waals surface area contributed by atoms with Crippen LogP contribution in [0.2, 0.25) is 5.02 Å². The van der Waals surface area contributed by atoms with Crippen molar-refractivity contribution in [2.24, 2.45) is 0 Å². The molecule has 1 aliphatic rings. The summed E-state index contributed by atoms with van der Waals surface area (Å²) in [6.07, 6.45) is 1.91. The van der Waals surface area contributed by atoms with Crippen molar-refractivity contribution in [2.75, 3.05) is 17.1 Å². The van der Waals surface area contributed by atoms with Gasteiger partial charge in [0.1, 0.15) is 16.3 Å². The minimum absolute atomic E-state index is 0.0233. The maximum Gasteiger partial charge on any atom is 0.272 e. The Balaban J connectivity index is 1.62. The molecule has 10 heteroatoms. The van der Waals surface area contributed by atoms with Crippen LogP contribution in [-0.4, -0.2) is 32.2 Å². The standard InChI is InChI=1S/C23H22ClN3O5S/c1-13-21-17(4-3-5-18(21)28)26-22(13)23(29)25-16-10-11-19(32-2)20(12-16)33(30,31)27-15-8-6-14(24)7-9-15/h6-12,26-27H,3-5H2,1-2H3,(H,25,29). The number of ketones is 1. The van der Waals surface area contributed by atoms with Gasteiger partial charge >= 0.3 is 0 Å². The van der Waals surface area contributed by atoms with Gasteiger partial charge in [-0.15, -0.1) is 0 Å². The summed E-state index contributed by atoms with van der Waals surface area (Å²) in [5.41, 5.74) is 2.81. The lowest BCUT2D eigenvalue weighted by Gasteiger charge is -2.14. The first-order chi connectivity index (χ1) is 15.7. The first-order valence-corrected chi connectivity index (χ1v) is 12.1. The van der Waals surface area contributed by atoms with E-state index in [-0.39, 0.29) is 27.8 Å². The molecular weight excluding hydrogens is 466 g/mol. The van der Waals surface area contributed by atoms with Gasteiger partial charge in [0.15, 0.2) is 5.78 Å². The summed E-state index contributed by atoms with van der Waals surface area (Å²) < 4.78 is 33.7. The first-order valence-electron chi connectivity index (χ1n) is 10.2. The fourth-order valence-corrected chi connectivity index (χ4v) is 5.27. The number of anilines is 2. The maximum atomic E-state index is 13.0. The molecule has 0 spiro atoms. The summed E-state index contributed by atoms with van der Waals surface area (Å²) in [5.74, 6) is -0.324. The van der Waals surface area contributed by atoms with Crippen molar-refractivity contribution in [3.05, 3.63) is 70.0 Å². The highest BCUT2D eigenvalue weighted by atomic mass is 35.5. The largest absolute Gasteiger partial charge is 0.495 e. The normalized spacial score (nSPS) is 13.4. The van der Waals surface area contributed by atoms with Crippen molar-refractivity contribution >= 4 is 44.7 Å². The summed E-state index contributed by atoms with van der Waals surface area (Å²) in [7, 11) is -2.67. The number of carbonyl (C=O) groups excluding carboxylic acids is 2. The molecule has 1 heterocycles. The van der Waals surface area contributed by atoms with E-state index in [0.29, 0.717) is 34.7 Å². The van der Waals surface area contributed by atoms with E-state index in [0.717, 1.165) is 12.1 Å². The Kier molecular flexibility index (Phi) is 6.18. The van der Waals surface area contributed by atoms with E-state index in [2.05, 4.69) is 15.0 Å². The monoisotopic (exact) mass is 487 g/mol. The van der Waals surface area contributed by atoms with Gasteiger partial charge in [-0.2, -0.15) is 0 Å². The Morgan fingerprint density at radius 3 is 2.45 bits per heavy atom. The van der Waals surface area contributed by atoms with Crippen molar-refractivity contribution in [3.63, 3.8) is 0 Å². The van der Waals surface area contributed by atoms with Crippen LogP contribution in [0.4, 0.5) is 11.4 Å². The van der Waals surface area contributed by atoms with E-state index in [9.17, 15) is 18.0 Å². The van der Waals surface area contributed by atoms with Gasteiger partial charge in [0.05, 0.1) is 7.11 Å². The van der Waals surface area contributed by atoms with E-state index >= 15 is 0 Å². The van der Waals surface area contributed by atoms with Gasteiger partial charge in [-0.1, -0.05) is 11.6 Å². The lowest BCUT2D eigenvalue weighted by molar-refractivity contribution is 0.0971. The number of aromatic nitrogens is 1. The molecule has 1 aliphatic carbocycles. The number of halogens is 1. The van der Waals surface area contributed by atoms with Crippen molar-refractivity contribution in [3.8, 4) is 5.75 Å². The summed E-state index contributed by atoms with van der Waals surface area (Å²) >= 11 is 5.86. The Morgan fingerprint density at radius 2 is 1.79 bits per heavy atom. The summed E-state index contributed by atoms with van der Waals surface area (Å²) in [6, 6.07) is 10.5. The molecule has 0 bridgehead atoms. The van der Waals surface area contributed by atoms with Crippen LogP contribution in [-0.2, 0) is 16.4 Å². The van der Waals surface area contributed by atoms with Gasteiger partial charge < -0.3 is 15.0 Å². The summed E-state index contributed by atoms with van der Waals surface area (Å²) in [5, 5.41) is 3.19.